The SMILES string of the molecule is C=CC(=O)N1CCN(C2NC(OCC3CCCN3C)NC3C[C@@]4(CCC32)OCc2ccccc2C4F)CC1CC#N. The average molecular weight is 567 g/mol. The van der Waals surface area contributed by atoms with Crippen LogP contribution in [0.1, 0.15) is 55.8 Å². The minimum atomic E-state index is -1.18. The molecule has 7 unspecified atom stereocenters. The minimum Gasteiger partial charge on any atom is -0.367 e. The number of nitrogens with one attached hydrogen (secondary N) is 2. The Morgan fingerprint density at radius 3 is 2.90 bits per heavy atom. The molecule has 222 valence electrons. The van der Waals surface area contributed by atoms with Crippen LogP contribution in [0.5, 0.6) is 0 Å². The quantitative estimate of drug-likeness (QED) is 0.508. The Balaban J connectivity index is 1.22. The van der Waals surface area contributed by atoms with Gasteiger partial charge in [0.2, 0.25) is 5.91 Å². The van der Waals surface area contributed by atoms with E-state index in [-0.39, 0.29) is 42.8 Å². The minimum absolute atomic E-state index is 0.00734. The van der Waals surface area contributed by atoms with Gasteiger partial charge >= 0.3 is 0 Å². The predicted molar refractivity (Wildman–Crippen MR) is 152 cm³/mol. The van der Waals surface area contributed by atoms with E-state index in [2.05, 4.69) is 40.1 Å². The van der Waals surface area contributed by atoms with Crippen molar-refractivity contribution in [3.05, 3.63) is 48.0 Å². The molecule has 41 heavy (non-hydrogen) atoms. The van der Waals surface area contributed by atoms with E-state index in [1.54, 1.807) is 4.90 Å². The molecule has 10 heteroatoms. The summed E-state index contributed by atoms with van der Waals surface area (Å²) in [4.78, 5) is 19.0. The summed E-state index contributed by atoms with van der Waals surface area (Å²) in [7, 11) is 2.14. The topological polar surface area (TPSA) is 93.1 Å². The van der Waals surface area contributed by atoms with Crippen LogP contribution in [0.3, 0.4) is 0 Å². The maximum absolute atomic E-state index is 16.2. The van der Waals surface area contributed by atoms with E-state index < -0.39 is 11.8 Å². The van der Waals surface area contributed by atoms with Gasteiger partial charge in [-0.2, -0.15) is 5.26 Å². The van der Waals surface area contributed by atoms with E-state index in [1.165, 1.54) is 12.5 Å². The standard InChI is InChI=1S/C31H43FN6O3/c1-3-27(39)38-16-15-37(18-22(38)11-13-33)29-25-10-12-31(28(32)24-9-5-4-7-21(24)19-41-31)17-26(25)34-30(35-29)40-20-23-8-6-14-36(23)2/h3-5,7,9,22-23,25-26,28-30,34-35H,1,6,8,10-12,14-20H2,2H3/t22?,23?,25?,26?,28?,29?,30?,31-/m1/s1. The maximum Gasteiger partial charge on any atom is 0.246 e. The summed E-state index contributed by atoms with van der Waals surface area (Å²) < 4.78 is 29.1. The van der Waals surface area contributed by atoms with E-state index in [4.69, 9.17) is 9.47 Å². The van der Waals surface area contributed by atoms with Crippen molar-refractivity contribution in [2.75, 3.05) is 39.8 Å². The van der Waals surface area contributed by atoms with Gasteiger partial charge in [0.15, 0.2) is 12.5 Å². The number of fused-ring (bicyclic) bond motifs is 2. The van der Waals surface area contributed by atoms with E-state index in [0.717, 1.165) is 30.5 Å². The third kappa shape index (κ3) is 5.56. The monoisotopic (exact) mass is 566 g/mol. The molecular weight excluding hydrogens is 523 g/mol. The fourth-order valence-electron chi connectivity index (χ4n) is 7.86. The molecule has 5 aliphatic rings. The van der Waals surface area contributed by atoms with Crippen LogP contribution < -0.4 is 10.6 Å². The molecule has 1 aromatic rings. The molecule has 6 rings (SSSR count). The van der Waals surface area contributed by atoms with Crippen molar-refractivity contribution >= 4 is 5.91 Å². The molecule has 2 N–H and O–H groups in total. The molecule has 1 amide bonds. The van der Waals surface area contributed by atoms with Crippen molar-refractivity contribution in [2.45, 2.75) is 87.5 Å². The smallest absolute Gasteiger partial charge is 0.246 e. The zero-order valence-electron chi connectivity index (χ0n) is 24.0. The van der Waals surface area contributed by atoms with E-state index in [0.29, 0.717) is 51.7 Å². The summed E-state index contributed by atoms with van der Waals surface area (Å²) in [5.74, 6) is 0.0678. The number of nitriles is 1. The second kappa shape index (κ2) is 12.1. The number of piperazine rings is 1. The van der Waals surface area contributed by atoms with Gasteiger partial charge < -0.3 is 19.3 Å². The Labute approximate surface area is 242 Å². The molecule has 3 saturated heterocycles. The highest BCUT2D eigenvalue weighted by Gasteiger charge is 2.54. The number of carbonyl (C=O) groups excluding carboxylic acids is 1. The molecule has 9 nitrogen and oxygen atoms in total. The summed E-state index contributed by atoms with van der Waals surface area (Å²) in [5, 5.41) is 16.9. The number of alkyl halides is 1. The molecule has 4 heterocycles. The first kappa shape index (κ1) is 28.7. The Morgan fingerprint density at radius 2 is 2.12 bits per heavy atom. The highest BCUT2D eigenvalue weighted by Crippen LogP contribution is 2.50. The molecule has 4 fully saturated rings. The Bertz CT molecular complexity index is 1160. The van der Waals surface area contributed by atoms with Crippen molar-refractivity contribution in [2.24, 2.45) is 5.92 Å². The van der Waals surface area contributed by atoms with Crippen molar-refractivity contribution in [1.29, 1.82) is 5.26 Å². The molecule has 0 radical (unpaired) electrons. The number of benzene rings is 1. The Kier molecular flexibility index (Phi) is 8.46. The number of hydrogen-bond donors (Lipinski definition) is 2. The second-order valence-corrected chi connectivity index (χ2v) is 12.4. The summed E-state index contributed by atoms with van der Waals surface area (Å²) in [6.45, 7) is 7.59. The fraction of sp³-hybridized carbons (Fsp3) is 0.677. The van der Waals surface area contributed by atoms with Gasteiger partial charge in [0.1, 0.15) is 5.60 Å². The van der Waals surface area contributed by atoms with Gasteiger partial charge in [0.05, 0.1) is 37.9 Å². The van der Waals surface area contributed by atoms with Gasteiger partial charge in [-0.05, 0) is 62.9 Å². The van der Waals surface area contributed by atoms with Crippen LogP contribution in [0.2, 0.25) is 0 Å². The lowest BCUT2D eigenvalue weighted by atomic mass is 9.69. The molecule has 1 aromatic carbocycles. The summed E-state index contributed by atoms with van der Waals surface area (Å²) in [5.41, 5.74) is 0.822. The first-order valence-corrected chi connectivity index (χ1v) is 15.2. The van der Waals surface area contributed by atoms with Crippen LogP contribution in [-0.4, -0.2) is 96.7 Å². The molecular formula is C31H43FN6O3. The van der Waals surface area contributed by atoms with Crippen LogP contribution >= 0.6 is 0 Å². The van der Waals surface area contributed by atoms with Gasteiger partial charge in [-0.3, -0.25) is 20.3 Å². The Hall–Kier alpha value is -2.39. The Morgan fingerprint density at radius 1 is 1.27 bits per heavy atom. The lowest BCUT2D eigenvalue weighted by Crippen LogP contribution is -2.73. The van der Waals surface area contributed by atoms with Crippen molar-refractivity contribution in [3.63, 3.8) is 0 Å². The third-order valence-corrected chi connectivity index (χ3v) is 10.2. The van der Waals surface area contributed by atoms with Gasteiger partial charge in [0, 0.05) is 37.6 Å². The van der Waals surface area contributed by atoms with Crippen molar-refractivity contribution < 1.29 is 18.7 Å². The van der Waals surface area contributed by atoms with E-state index in [1.807, 2.05) is 24.3 Å². The highest BCUT2D eigenvalue weighted by atomic mass is 19.1. The molecule has 8 atom stereocenters. The van der Waals surface area contributed by atoms with Gasteiger partial charge in [0.25, 0.3) is 0 Å². The van der Waals surface area contributed by atoms with Gasteiger partial charge in [-0.1, -0.05) is 30.8 Å². The molecule has 1 saturated carbocycles. The number of rotatable bonds is 6. The number of likely N-dealkylation sites (tertiary alicyclic amines) is 1. The number of hydrogen-bond acceptors (Lipinski definition) is 8. The average Bonchev–Trinajstić information content (AvgIpc) is 3.41. The first-order chi connectivity index (χ1) is 19.9. The van der Waals surface area contributed by atoms with Crippen LogP contribution in [-0.2, 0) is 20.9 Å². The zero-order chi connectivity index (χ0) is 28.6. The highest BCUT2D eigenvalue weighted by molar-refractivity contribution is 5.87. The molecule has 1 aliphatic carbocycles. The number of halogens is 1. The zero-order valence-corrected chi connectivity index (χ0v) is 24.0. The van der Waals surface area contributed by atoms with Crippen LogP contribution in [0.4, 0.5) is 4.39 Å². The lowest BCUT2D eigenvalue weighted by Gasteiger charge is -2.56. The van der Waals surface area contributed by atoms with Crippen LogP contribution in [0.15, 0.2) is 36.9 Å². The number of ether oxygens (including phenoxy) is 2. The summed E-state index contributed by atoms with van der Waals surface area (Å²) >= 11 is 0. The normalized spacial score (nSPS) is 37.8. The first-order valence-electron chi connectivity index (χ1n) is 15.2. The fourth-order valence-corrected chi connectivity index (χ4v) is 7.86. The molecule has 0 aromatic heterocycles. The number of carbonyl (C=O) groups is 1. The number of likely N-dealkylation sites (N-methyl/N-ethyl adjacent to an activating group) is 1. The largest absolute Gasteiger partial charge is 0.367 e. The maximum atomic E-state index is 16.2. The molecule has 1 spiro atoms. The third-order valence-electron chi connectivity index (χ3n) is 10.2. The number of nitrogens with zero attached hydrogens (tertiary/aromatic N) is 4. The summed E-state index contributed by atoms with van der Waals surface area (Å²) in [6, 6.07) is 10.1. The van der Waals surface area contributed by atoms with E-state index >= 15 is 4.39 Å². The van der Waals surface area contributed by atoms with E-state index in [9.17, 15) is 10.1 Å². The second-order valence-electron chi connectivity index (χ2n) is 12.4. The molecule has 0 bridgehead atoms. The predicted octanol–water partition coefficient (Wildman–Crippen LogP) is 2.66. The van der Waals surface area contributed by atoms with Crippen LogP contribution in [0.25, 0.3) is 0 Å². The lowest BCUT2D eigenvalue weighted by molar-refractivity contribution is -0.178. The van der Waals surface area contributed by atoms with Crippen LogP contribution in [0, 0.1) is 17.2 Å². The van der Waals surface area contributed by atoms with Crippen molar-refractivity contribution in [3.8, 4) is 6.07 Å². The summed E-state index contributed by atoms with van der Waals surface area (Å²) in [6.07, 6.45) is 4.30. The van der Waals surface area contributed by atoms with Crippen molar-refractivity contribution in [1.82, 2.24) is 25.3 Å². The number of amides is 1. The molecule has 4 aliphatic heterocycles. The van der Waals surface area contributed by atoms with Gasteiger partial charge in [-0.25, -0.2) is 4.39 Å². The van der Waals surface area contributed by atoms with Gasteiger partial charge in [-0.15, -0.1) is 0 Å².